The van der Waals surface area contributed by atoms with Gasteiger partial charge in [-0.1, -0.05) is 36.4 Å². The number of aryl methyl sites for hydroxylation is 1. The summed E-state index contributed by atoms with van der Waals surface area (Å²) in [5, 5.41) is 7.68. The smallest absolute Gasteiger partial charge is 0.322 e. The van der Waals surface area contributed by atoms with Crippen molar-refractivity contribution in [3.8, 4) is 11.5 Å². The highest BCUT2D eigenvalue weighted by Crippen LogP contribution is 2.28. The number of benzene rings is 3. The average Bonchev–Trinajstić information content (AvgIpc) is 2.92. The molecular weight excluding hydrogens is 476 g/mol. The Kier molecular flexibility index (Phi) is 9.03. The number of anilines is 2. The van der Waals surface area contributed by atoms with Gasteiger partial charge in [0.25, 0.3) is 0 Å². The molecule has 0 aliphatic heterocycles. The summed E-state index contributed by atoms with van der Waals surface area (Å²) in [4.78, 5) is 19.7. The van der Waals surface area contributed by atoms with Gasteiger partial charge in [0.15, 0.2) is 0 Å². The van der Waals surface area contributed by atoms with E-state index in [2.05, 4.69) is 22.5 Å². The molecule has 0 fully saturated rings. The Balaban J connectivity index is 1.44. The molecule has 2 amide bonds. The van der Waals surface area contributed by atoms with Crippen molar-refractivity contribution in [2.75, 3.05) is 31.4 Å². The molecule has 0 saturated heterocycles. The van der Waals surface area contributed by atoms with Crippen LogP contribution in [-0.2, 0) is 6.54 Å². The second-order valence-corrected chi connectivity index (χ2v) is 9.47. The number of carbonyl (C=O) groups excluding carboxylic acids is 1. The van der Waals surface area contributed by atoms with Gasteiger partial charge in [-0.05, 0) is 62.6 Å². The van der Waals surface area contributed by atoms with Crippen LogP contribution >= 0.6 is 0 Å². The van der Waals surface area contributed by atoms with Crippen LogP contribution in [-0.4, -0.2) is 42.7 Å². The van der Waals surface area contributed by atoms with Gasteiger partial charge in [0.05, 0.1) is 32.0 Å². The molecule has 0 radical (unpaired) electrons. The number of fused-ring (bicyclic) bond motifs is 1. The average molecular weight is 513 g/mol. The van der Waals surface area contributed by atoms with Crippen LogP contribution in [0.4, 0.5) is 16.2 Å². The molecule has 1 atom stereocenters. The highest BCUT2D eigenvalue weighted by Gasteiger charge is 2.17. The fourth-order valence-electron chi connectivity index (χ4n) is 4.54. The summed E-state index contributed by atoms with van der Waals surface area (Å²) in [6, 6.07) is 23.6. The Labute approximate surface area is 224 Å². The van der Waals surface area contributed by atoms with Crippen LogP contribution in [0.2, 0.25) is 0 Å². The standard InChI is InChI=1S/C31H36N4O3/c1-22-10-7-14-26(18-22)34-31(36)35(21-25-12-5-6-15-29(25)38-4)17-9-11-23(2)33-28-20-27(37-3)19-24-13-8-16-32-30(24)28/h5-8,10,12-16,18-20,23,33H,9,11,17,21H2,1-4H3,(H,34,36). The van der Waals surface area contributed by atoms with Crippen LogP contribution in [0.3, 0.4) is 0 Å². The van der Waals surface area contributed by atoms with E-state index in [4.69, 9.17) is 9.47 Å². The van der Waals surface area contributed by atoms with Crippen LogP contribution < -0.4 is 20.1 Å². The van der Waals surface area contributed by atoms with Gasteiger partial charge < -0.3 is 25.0 Å². The van der Waals surface area contributed by atoms with E-state index in [1.165, 1.54) is 0 Å². The van der Waals surface area contributed by atoms with Crippen LogP contribution in [0.15, 0.2) is 79.0 Å². The third-order valence-corrected chi connectivity index (χ3v) is 6.49. The van der Waals surface area contributed by atoms with Gasteiger partial charge in [0.1, 0.15) is 11.5 Å². The fraction of sp³-hybridized carbons (Fsp3) is 0.290. The lowest BCUT2D eigenvalue weighted by molar-refractivity contribution is 0.207. The second-order valence-electron chi connectivity index (χ2n) is 9.47. The maximum Gasteiger partial charge on any atom is 0.322 e. The van der Waals surface area contributed by atoms with E-state index in [-0.39, 0.29) is 12.1 Å². The summed E-state index contributed by atoms with van der Waals surface area (Å²) in [7, 11) is 3.32. The van der Waals surface area contributed by atoms with E-state index in [9.17, 15) is 4.79 Å². The van der Waals surface area contributed by atoms with Crippen LogP contribution in [0.25, 0.3) is 10.9 Å². The lowest BCUT2D eigenvalue weighted by Gasteiger charge is -2.25. The number of urea groups is 1. The Hall–Kier alpha value is -4.26. The molecule has 0 spiro atoms. The Morgan fingerprint density at radius 1 is 1.00 bits per heavy atom. The molecule has 198 valence electrons. The number of hydrogen-bond donors (Lipinski definition) is 2. The number of nitrogens with one attached hydrogen (secondary N) is 2. The Morgan fingerprint density at radius 3 is 2.63 bits per heavy atom. The largest absolute Gasteiger partial charge is 0.497 e. The van der Waals surface area contributed by atoms with Gasteiger partial charge in [-0.15, -0.1) is 0 Å². The Morgan fingerprint density at radius 2 is 1.84 bits per heavy atom. The van der Waals surface area contributed by atoms with Crippen molar-refractivity contribution in [1.29, 1.82) is 0 Å². The number of para-hydroxylation sites is 1. The third-order valence-electron chi connectivity index (χ3n) is 6.49. The number of ether oxygens (including phenoxy) is 2. The molecule has 0 aliphatic rings. The fourth-order valence-corrected chi connectivity index (χ4v) is 4.54. The normalized spacial score (nSPS) is 11.6. The summed E-state index contributed by atoms with van der Waals surface area (Å²) < 4.78 is 11.0. The van der Waals surface area contributed by atoms with Crippen molar-refractivity contribution < 1.29 is 14.3 Å². The predicted octanol–water partition coefficient (Wildman–Crippen LogP) is 6.88. The molecule has 3 aromatic carbocycles. The number of rotatable bonds is 11. The molecule has 4 aromatic rings. The maximum atomic E-state index is 13.3. The number of hydrogen-bond acceptors (Lipinski definition) is 5. The van der Waals surface area contributed by atoms with E-state index in [0.29, 0.717) is 13.1 Å². The zero-order valence-electron chi connectivity index (χ0n) is 22.5. The molecule has 1 heterocycles. The van der Waals surface area contributed by atoms with Gasteiger partial charge in [-0.3, -0.25) is 4.98 Å². The summed E-state index contributed by atoms with van der Waals surface area (Å²) in [5.74, 6) is 1.56. The number of methoxy groups -OCH3 is 2. The van der Waals surface area contributed by atoms with Gasteiger partial charge >= 0.3 is 6.03 Å². The summed E-state index contributed by atoms with van der Waals surface area (Å²) >= 11 is 0. The van der Waals surface area contributed by atoms with E-state index < -0.39 is 0 Å². The minimum absolute atomic E-state index is 0.134. The minimum Gasteiger partial charge on any atom is -0.497 e. The van der Waals surface area contributed by atoms with Gasteiger partial charge in [0.2, 0.25) is 0 Å². The van der Waals surface area contributed by atoms with Crippen molar-refractivity contribution in [2.24, 2.45) is 0 Å². The summed E-state index contributed by atoms with van der Waals surface area (Å²) in [6.07, 6.45) is 3.48. The van der Waals surface area contributed by atoms with Gasteiger partial charge in [0, 0.05) is 41.5 Å². The first kappa shape index (κ1) is 26.8. The highest BCUT2D eigenvalue weighted by molar-refractivity contribution is 5.92. The molecule has 7 nitrogen and oxygen atoms in total. The Bertz CT molecular complexity index is 1370. The molecule has 0 aliphatic carbocycles. The van der Waals surface area contributed by atoms with Crippen molar-refractivity contribution in [2.45, 2.75) is 39.3 Å². The molecule has 2 N–H and O–H groups in total. The summed E-state index contributed by atoms with van der Waals surface area (Å²) in [6.45, 7) is 5.20. The van der Waals surface area contributed by atoms with Crippen molar-refractivity contribution in [3.63, 3.8) is 0 Å². The molecule has 0 saturated carbocycles. The first-order chi connectivity index (χ1) is 18.5. The topological polar surface area (TPSA) is 75.7 Å². The first-order valence-electron chi connectivity index (χ1n) is 12.9. The van der Waals surface area contributed by atoms with Crippen LogP contribution in [0.5, 0.6) is 11.5 Å². The number of amides is 2. The highest BCUT2D eigenvalue weighted by atomic mass is 16.5. The van der Waals surface area contributed by atoms with Crippen molar-refractivity contribution in [3.05, 3.63) is 90.1 Å². The van der Waals surface area contributed by atoms with Crippen molar-refractivity contribution in [1.82, 2.24) is 9.88 Å². The monoisotopic (exact) mass is 512 g/mol. The van der Waals surface area contributed by atoms with E-state index >= 15 is 0 Å². The lowest BCUT2D eigenvalue weighted by Crippen LogP contribution is -2.36. The van der Waals surface area contributed by atoms with E-state index in [1.54, 1.807) is 20.4 Å². The molecule has 4 rings (SSSR count). The lowest BCUT2D eigenvalue weighted by atomic mass is 10.1. The van der Waals surface area contributed by atoms with Gasteiger partial charge in [-0.2, -0.15) is 0 Å². The first-order valence-corrected chi connectivity index (χ1v) is 12.9. The number of nitrogens with zero attached hydrogens (tertiary/aromatic N) is 2. The van der Waals surface area contributed by atoms with Gasteiger partial charge in [-0.25, -0.2) is 4.79 Å². The molecule has 1 unspecified atom stereocenters. The quantitative estimate of drug-likeness (QED) is 0.229. The van der Waals surface area contributed by atoms with E-state index in [1.807, 2.05) is 84.6 Å². The SMILES string of the molecule is COc1cc(NC(C)CCCN(Cc2ccccc2OC)C(=O)Nc2cccc(C)c2)c2ncccc2c1. The zero-order valence-corrected chi connectivity index (χ0v) is 22.5. The molecule has 7 heteroatoms. The number of aromatic nitrogens is 1. The molecular formula is C31H36N4O3. The molecule has 1 aromatic heterocycles. The van der Waals surface area contributed by atoms with Crippen LogP contribution in [0, 0.1) is 6.92 Å². The zero-order chi connectivity index (χ0) is 26.9. The second kappa shape index (κ2) is 12.8. The third kappa shape index (κ3) is 6.94. The maximum absolute atomic E-state index is 13.3. The molecule has 38 heavy (non-hydrogen) atoms. The van der Waals surface area contributed by atoms with Crippen molar-refractivity contribution >= 4 is 28.3 Å². The van der Waals surface area contributed by atoms with Crippen LogP contribution in [0.1, 0.15) is 30.9 Å². The summed E-state index contributed by atoms with van der Waals surface area (Å²) in [5.41, 5.74) is 4.70. The number of pyridine rings is 1. The number of carbonyl (C=O) groups is 1. The van der Waals surface area contributed by atoms with E-state index in [0.717, 1.165) is 57.7 Å². The molecule has 0 bridgehead atoms. The minimum atomic E-state index is -0.134. The predicted molar refractivity (Wildman–Crippen MR) is 154 cm³/mol.